The number of rotatable bonds is 2. The second-order valence-electron chi connectivity index (χ2n) is 3.54. The highest BCUT2D eigenvalue weighted by Gasteiger charge is 2.36. The van der Waals surface area contributed by atoms with Crippen LogP contribution in [0.4, 0.5) is 10.2 Å². The van der Waals surface area contributed by atoms with E-state index in [2.05, 4.69) is 10.3 Å². The van der Waals surface area contributed by atoms with Gasteiger partial charge in [-0.3, -0.25) is 14.5 Å². The molecular formula is C10H10FN3O2. The van der Waals surface area contributed by atoms with Crippen molar-refractivity contribution < 1.29 is 14.0 Å². The van der Waals surface area contributed by atoms with Gasteiger partial charge in [0.15, 0.2) is 0 Å². The van der Waals surface area contributed by atoms with Crippen LogP contribution < -0.4 is 5.32 Å². The fourth-order valence-electron chi connectivity index (χ4n) is 1.54. The van der Waals surface area contributed by atoms with E-state index in [0.29, 0.717) is 0 Å². The van der Waals surface area contributed by atoms with Crippen LogP contribution in [0.2, 0.25) is 0 Å². The van der Waals surface area contributed by atoms with E-state index in [0.717, 1.165) is 4.90 Å². The first-order valence-electron chi connectivity index (χ1n) is 4.77. The van der Waals surface area contributed by atoms with Gasteiger partial charge in [-0.25, -0.2) is 4.98 Å². The molecule has 0 bridgehead atoms. The zero-order valence-electron chi connectivity index (χ0n) is 8.61. The van der Waals surface area contributed by atoms with E-state index >= 15 is 0 Å². The molecule has 1 fully saturated rings. The summed E-state index contributed by atoms with van der Waals surface area (Å²) in [6.07, 6.45) is 0.0769. The average molecular weight is 223 g/mol. The van der Waals surface area contributed by atoms with Crippen molar-refractivity contribution in [2.45, 2.75) is 12.5 Å². The number of pyridine rings is 1. The van der Waals surface area contributed by atoms with Crippen molar-refractivity contribution in [2.75, 3.05) is 12.4 Å². The molecule has 1 aliphatic rings. The molecule has 1 saturated heterocycles. The molecule has 1 aliphatic heterocycles. The Morgan fingerprint density at radius 2 is 2.25 bits per heavy atom. The van der Waals surface area contributed by atoms with Crippen LogP contribution in [0, 0.1) is 5.95 Å². The molecule has 1 N–H and O–H groups in total. The molecule has 1 aromatic heterocycles. The molecular weight excluding hydrogens is 213 g/mol. The Labute approximate surface area is 91.3 Å². The number of nitrogens with one attached hydrogen (secondary N) is 1. The zero-order chi connectivity index (χ0) is 11.7. The molecule has 5 nitrogen and oxygen atoms in total. The van der Waals surface area contributed by atoms with Gasteiger partial charge >= 0.3 is 0 Å². The van der Waals surface area contributed by atoms with Gasteiger partial charge in [0.05, 0.1) is 6.42 Å². The van der Waals surface area contributed by atoms with Crippen molar-refractivity contribution >= 4 is 17.6 Å². The lowest BCUT2D eigenvalue weighted by molar-refractivity contribution is -0.136. The molecule has 1 atom stereocenters. The zero-order valence-corrected chi connectivity index (χ0v) is 8.61. The van der Waals surface area contributed by atoms with Crippen molar-refractivity contribution in [3.63, 3.8) is 0 Å². The molecule has 0 aromatic carbocycles. The second kappa shape index (κ2) is 3.88. The van der Waals surface area contributed by atoms with Gasteiger partial charge in [0.25, 0.3) is 5.91 Å². The van der Waals surface area contributed by atoms with Gasteiger partial charge in [0, 0.05) is 7.05 Å². The number of hydrogen-bond acceptors (Lipinski definition) is 4. The quantitative estimate of drug-likeness (QED) is 0.582. The van der Waals surface area contributed by atoms with E-state index in [1.54, 1.807) is 6.07 Å². The van der Waals surface area contributed by atoms with E-state index in [1.807, 2.05) is 0 Å². The maximum Gasteiger partial charge on any atom is 0.251 e. The van der Waals surface area contributed by atoms with Gasteiger partial charge in [-0.1, -0.05) is 6.07 Å². The van der Waals surface area contributed by atoms with Crippen molar-refractivity contribution in [3.05, 3.63) is 24.1 Å². The number of amides is 2. The first kappa shape index (κ1) is 10.5. The van der Waals surface area contributed by atoms with E-state index in [9.17, 15) is 14.0 Å². The minimum absolute atomic E-state index is 0.0769. The van der Waals surface area contributed by atoms with Gasteiger partial charge in [-0.05, 0) is 12.1 Å². The predicted molar refractivity (Wildman–Crippen MR) is 54.0 cm³/mol. The first-order chi connectivity index (χ1) is 7.58. The van der Waals surface area contributed by atoms with Crippen LogP contribution in [0.3, 0.4) is 0 Å². The van der Waals surface area contributed by atoms with Crippen LogP contribution in [0.15, 0.2) is 18.2 Å². The number of imide groups is 1. The highest BCUT2D eigenvalue weighted by molar-refractivity contribution is 6.06. The Morgan fingerprint density at radius 3 is 2.81 bits per heavy atom. The smallest absolute Gasteiger partial charge is 0.251 e. The SMILES string of the molecule is CN1C(=O)CC(Nc2cccc(F)n2)C1=O. The summed E-state index contributed by atoms with van der Waals surface area (Å²) in [7, 11) is 1.42. The van der Waals surface area contributed by atoms with Crippen LogP contribution in [0.5, 0.6) is 0 Å². The van der Waals surface area contributed by atoms with Crippen molar-refractivity contribution in [3.8, 4) is 0 Å². The Hall–Kier alpha value is -1.98. The maximum absolute atomic E-state index is 12.8. The Balaban J connectivity index is 2.12. The van der Waals surface area contributed by atoms with Crippen LogP contribution in [0.25, 0.3) is 0 Å². The second-order valence-corrected chi connectivity index (χ2v) is 3.54. The minimum Gasteiger partial charge on any atom is -0.358 e. The summed E-state index contributed by atoms with van der Waals surface area (Å²) < 4.78 is 12.8. The predicted octanol–water partition coefficient (Wildman–Crippen LogP) is 0.390. The van der Waals surface area contributed by atoms with Gasteiger partial charge in [0.1, 0.15) is 11.9 Å². The van der Waals surface area contributed by atoms with Gasteiger partial charge in [-0.2, -0.15) is 4.39 Å². The van der Waals surface area contributed by atoms with Gasteiger partial charge in [0.2, 0.25) is 11.9 Å². The molecule has 2 heterocycles. The summed E-state index contributed by atoms with van der Waals surface area (Å²) in [5.41, 5.74) is 0. The largest absolute Gasteiger partial charge is 0.358 e. The van der Waals surface area contributed by atoms with Crippen molar-refractivity contribution in [1.82, 2.24) is 9.88 Å². The topological polar surface area (TPSA) is 62.3 Å². The van der Waals surface area contributed by atoms with E-state index in [1.165, 1.54) is 19.2 Å². The lowest BCUT2D eigenvalue weighted by atomic mass is 10.2. The molecule has 0 saturated carbocycles. The van der Waals surface area contributed by atoms with E-state index < -0.39 is 12.0 Å². The molecule has 0 radical (unpaired) electrons. The summed E-state index contributed by atoms with van der Waals surface area (Å²) in [4.78, 5) is 27.4. The third-order valence-corrected chi connectivity index (χ3v) is 2.42. The van der Waals surface area contributed by atoms with Gasteiger partial charge < -0.3 is 5.32 Å². The van der Waals surface area contributed by atoms with E-state index in [4.69, 9.17) is 0 Å². The van der Waals surface area contributed by atoms with Gasteiger partial charge in [-0.15, -0.1) is 0 Å². The summed E-state index contributed by atoms with van der Waals surface area (Å²) in [5, 5.41) is 2.73. The molecule has 0 spiro atoms. The number of anilines is 1. The number of halogens is 1. The number of nitrogens with zero attached hydrogens (tertiary/aromatic N) is 2. The molecule has 6 heteroatoms. The Bertz CT molecular complexity index is 449. The summed E-state index contributed by atoms with van der Waals surface area (Å²) >= 11 is 0. The van der Waals surface area contributed by atoms with Crippen LogP contribution in [0.1, 0.15) is 6.42 Å². The first-order valence-corrected chi connectivity index (χ1v) is 4.77. The number of carbonyl (C=O) groups is 2. The van der Waals surface area contributed by atoms with Crippen molar-refractivity contribution in [1.29, 1.82) is 0 Å². The molecule has 1 aromatic rings. The Kier molecular flexibility index (Phi) is 2.55. The molecule has 2 amide bonds. The monoisotopic (exact) mass is 223 g/mol. The van der Waals surface area contributed by atoms with Crippen LogP contribution >= 0.6 is 0 Å². The highest BCUT2D eigenvalue weighted by atomic mass is 19.1. The summed E-state index contributed by atoms with van der Waals surface area (Å²) in [6, 6.07) is 3.58. The number of likely N-dealkylation sites (N-methyl/N-ethyl adjacent to an activating group) is 1. The molecule has 1 unspecified atom stereocenters. The van der Waals surface area contributed by atoms with Crippen molar-refractivity contribution in [2.24, 2.45) is 0 Å². The fourth-order valence-corrected chi connectivity index (χ4v) is 1.54. The highest BCUT2D eigenvalue weighted by Crippen LogP contribution is 2.15. The molecule has 2 rings (SSSR count). The third-order valence-electron chi connectivity index (χ3n) is 2.42. The third kappa shape index (κ3) is 1.86. The normalized spacial score (nSPS) is 20.4. The lowest BCUT2D eigenvalue weighted by Gasteiger charge is -2.11. The number of carbonyl (C=O) groups excluding carboxylic acids is 2. The minimum atomic E-state index is -0.646. The van der Waals surface area contributed by atoms with Crippen LogP contribution in [-0.4, -0.2) is 34.8 Å². The summed E-state index contributed by atoms with van der Waals surface area (Å²) in [5.74, 6) is -0.952. The average Bonchev–Trinajstić information content (AvgIpc) is 2.47. The maximum atomic E-state index is 12.8. The number of hydrogen-bond donors (Lipinski definition) is 1. The fraction of sp³-hybridized carbons (Fsp3) is 0.300. The van der Waals surface area contributed by atoms with Crippen LogP contribution in [-0.2, 0) is 9.59 Å². The molecule has 84 valence electrons. The Morgan fingerprint density at radius 1 is 1.50 bits per heavy atom. The number of aromatic nitrogens is 1. The molecule has 0 aliphatic carbocycles. The number of likely N-dealkylation sites (tertiary alicyclic amines) is 1. The molecule has 16 heavy (non-hydrogen) atoms. The summed E-state index contributed by atoms with van der Waals surface area (Å²) in [6.45, 7) is 0. The standard InChI is InChI=1S/C10H10FN3O2/c1-14-9(15)5-6(10(14)16)12-8-4-2-3-7(11)13-8/h2-4,6H,5H2,1H3,(H,12,13). The van der Waals surface area contributed by atoms with E-state index in [-0.39, 0.29) is 24.1 Å². The lowest BCUT2D eigenvalue weighted by Crippen LogP contribution is -2.32.